The lowest BCUT2D eigenvalue weighted by atomic mass is 10.0. The first-order chi connectivity index (χ1) is 12.0. The number of carbonyl (C=O) groups excluding carboxylic acids is 1. The molecule has 1 aliphatic rings. The van der Waals surface area contributed by atoms with E-state index < -0.39 is 43.0 Å². The molecule has 1 heterocycles. The standard InChI is InChI=1S/C15H16F6N2O3/c16-14(17,18)7-25-11-1-10(13(24)23-6-9-4-22-5-9)2-12(3-11)26-8-15(19,20)21/h1-3,9,22H,4-8H2,(H,23,24). The molecule has 1 aliphatic heterocycles. The number of ether oxygens (including phenoxy) is 2. The molecule has 2 rings (SSSR count). The van der Waals surface area contributed by atoms with Gasteiger partial charge in [0.05, 0.1) is 0 Å². The van der Waals surface area contributed by atoms with E-state index in [2.05, 4.69) is 20.1 Å². The summed E-state index contributed by atoms with van der Waals surface area (Å²) in [6.45, 7) is -1.53. The Bertz CT molecular complexity index is 593. The predicted octanol–water partition coefficient (Wildman–Crippen LogP) is 2.52. The Morgan fingerprint density at radius 1 is 1.00 bits per heavy atom. The van der Waals surface area contributed by atoms with E-state index in [4.69, 9.17) is 0 Å². The maximum atomic E-state index is 12.3. The summed E-state index contributed by atoms with van der Waals surface area (Å²) < 4.78 is 82.7. The molecule has 2 N–H and O–H groups in total. The molecular formula is C15H16F6N2O3. The van der Waals surface area contributed by atoms with Crippen LogP contribution in [0.25, 0.3) is 0 Å². The SMILES string of the molecule is O=C(NCC1CNC1)c1cc(OCC(F)(F)F)cc(OCC(F)(F)F)c1. The van der Waals surface area contributed by atoms with Gasteiger partial charge in [-0.05, 0) is 12.1 Å². The van der Waals surface area contributed by atoms with Crippen LogP contribution >= 0.6 is 0 Å². The number of halogens is 6. The molecule has 1 amide bonds. The summed E-state index contributed by atoms with van der Waals surface area (Å²) in [7, 11) is 0. The van der Waals surface area contributed by atoms with Gasteiger partial charge in [-0.3, -0.25) is 4.79 Å². The van der Waals surface area contributed by atoms with Crippen LogP contribution in [0, 0.1) is 5.92 Å². The number of benzene rings is 1. The van der Waals surface area contributed by atoms with Gasteiger partial charge in [-0.25, -0.2) is 0 Å². The summed E-state index contributed by atoms with van der Waals surface area (Å²) in [4.78, 5) is 12.1. The van der Waals surface area contributed by atoms with Crippen molar-refractivity contribution in [2.24, 2.45) is 5.92 Å². The molecule has 0 saturated carbocycles. The van der Waals surface area contributed by atoms with Crippen molar-refractivity contribution in [2.75, 3.05) is 32.8 Å². The van der Waals surface area contributed by atoms with Gasteiger partial charge in [0, 0.05) is 37.2 Å². The molecule has 1 saturated heterocycles. The van der Waals surface area contributed by atoms with Crippen LogP contribution in [0.15, 0.2) is 18.2 Å². The van der Waals surface area contributed by atoms with E-state index in [0.29, 0.717) is 6.54 Å². The van der Waals surface area contributed by atoms with Gasteiger partial charge < -0.3 is 20.1 Å². The Balaban J connectivity index is 2.10. The second-order valence-electron chi connectivity index (χ2n) is 5.74. The molecule has 0 aliphatic carbocycles. The third-order valence-corrected chi connectivity index (χ3v) is 3.36. The largest absolute Gasteiger partial charge is 0.484 e. The molecule has 1 aromatic rings. The van der Waals surface area contributed by atoms with E-state index in [1.165, 1.54) is 0 Å². The first kappa shape index (κ1) is 20.1. The van der Waals surface area contributed by atoms with Crippen LogP contribution in [0.5, 0.6) is 11.5 Å². The number of alkyl halides is 6. The molecule has 0 spiro atoms. The van der Waals surface area contributed by atoms with E-state index >= 15 is 0 Å². The lowest BCUT2D eigenvalue weighted by molar-refractivity contribution is -0.153. The number of nitrogens with one attached hydrogen (secondary N) is 2. The van der Waals surface area contributed by atoms with Crippen LogP contribution in [-0.4, -0.2) is 51.1 Å². The minimum atomic E-state index is -4.64. The van der Waals surface area contributed by atoms with Crippen LogP contribution in [0.4, 0.5) is 26.3 Å². The van der Waals surface area contributed by atoms with Crippen LogP contribution in [0.1, 0.15) is 10.4 Å². The summed E-state index contributed by atoms with van der Waals surface area (Å²) in [5, 5.41) is 5.57. The highest BCUT2D eigenvalue weighted by molar-refractivity contribution is 5.95. The highest BCUT2D eigenvalue weighted by Crippen LogP contribution is 2.27. The van der Waals surface area contributed by atoms with Crippen molar-refractivity contribution in [3.8, 4) is 11.5 Å². The van der Waals surface area contributed by atoms with E-state index in [1.807, 2.05) is 0 Å². The molecule has 0 aromatic heterocycles. The molecule has 11 heteroatoms. The van der Waals surface area contributed by atoms with E-state index in [-0.39, 0.29) is 11.5 Å². The van der Waals surface area contributed by atoms with Gasteiger partial charge in [0.2, 0.25) is 0 Å². The van der Waals surface area contributed by atoms with Gasteiger partial charge >= 0.3 is 12.4 Å². The van der Waals surface area contributed by atoms with E-state index in [1.54, 1.807) is 0 Å². The van der Waals surface area contributed by atoms with Crippen molar-refractivity contribution in [2.45, 2.75) is 12.4 Å². The maximum absolute atomic E-state index is 12.3. The third kappa shape index (κ3) is 6.98. The Kier molecular flexibility index (Phi) is 6.21. The molecular weight excluding hydrogens is 370 g/mol. The fourth-order valence-corrected chi connectivity index (χ4v) is 2.03. The molecule has 146 valence electrons. The Labute approximate surface area is 144 Å². The van der Waals surface area contributed by atoms with Crippen molar-refractivity contribution >= 4 is 5.91 Å². The molecule has 0 radical (unpaired) electrons. The molecule has 1 aromatic carbocycles. The van der Waals surface area contributed by atoms with Crippen molar-refractivity contribution in [1.29, 1.82) is 0 Å². The van der Waals surface area contributed by atoms with Crippen molar-refractivity contribution in [1.82, 2.24) is 10.6 Å². The Morgan fingerprint density at radius 2 is 1.50 bits per heavy atom. The van der Waals surface area contributed by atoms with Gasteiger partial charge in [0.1, 0.15) is 11.5 Å². The maximum Gasteiger partial charge on any atom is 0.422 e. The molecule has 26 heavy (non-hydrogen) atoms. The van der Waals surface area contributed by atoms with E-state index in [0.717, 1.165) is 31.3 Å². The number of rotatable bonds is 7. The Morgan fingerprint density at radius 3 is 1.88 bits per heavy atom. The molecule has 0 unspecified atom stereocenters. The average molecular weight is 386 g/mol. The fourth-order valence-electron chi connectivity index (χ4n) is 2.03. The van der Waals surface area contributed by atoms with Crippen LogP contribution < -0.4 is 20.1 Å². The first-order valence-corrected chi connectivity index (χ1v) is 7.55. The molecule has 5 nitrogen and oxygen atoms in total. The zero-order valence-corrected chi connectivity index (χ0v) is 13.3. The van der Waals surface area contributed by atoms with Gasteiger partial charge in [-0.2, -0.15) is 26.3 Å². The lowest BCUT2D eigenvalue weighted by Gasteiger charge is -2.27. The zero-order chi connectivity index (χ0) is 19.4. The Hall–Kier alpha value is -2.17. The van der Waals surface area contributed by atoms with E-state index in [9.17, 15) is 31.1 Å². The highest BCUT2D eigenvalue weighted by atomic mass is 19.4. The summed E-state index contributed by atoms with van der Waals surface area (Å²) in [6, 6.07) is 2.89. The second kappa shape index (κ2) is 8.02. The van der Waals surface area contributed by atoms with Crippen LogP contribution in [0.2, 0.25) is 0 Å². The second-order valence-corrected chi connectivity index (χ2v) is 5.74. The summed E-state index contributed by atoms with van der Waals surface area (Å²) in [5.74, 6) is -1.26. The minimum Gasteiger partial charge on any atom is -0.484 e. The summed E-state index contributed by atoms with van der Waals surface area (Å²) in [6.07, 6.45) is -9.27. The smallest absolute Gasteiger partial charge is 0.422 e. The molecule has 0 atom stereocenters. The van der Waals surface area contributed by atoms with Gasteiger partial charge in [0.25, 0.3) is 5.91 Å². The van der Waals surface area contributed by atoms with Gasteiger partial charge in [-0.1, -0.05) is 0 Å². The number of amides is 1. The van der Waals surface area contributed by atoms with Crippen molar-refractivity contribution in [3.63, 3.8) is 0 Å². The number of hydrogen-bond donors (Lipinski definition) is 2. The molecule has 1 fully saturated rings. The lowest BCUT2D eigenvalue weighted by Crippen LogP contribution is -2.48. The monoisotopic (exact) mass is 386 g/mol. The minimum absolute atomic E-state index is 0.158. The van der Waals surface area contributed by atoms with Crippen molar-refractivity contribution < 1.29 is 40.6 Å². The topological polar surface area (TPSA) is 59.6 Å². The summed E-state index contributed by atoms with van der Waals surface area (Å²) >= 11 is 0. The normalized spacial score (nSPS) is 15.3. The fraction of sp³-hybridized carbons (Fsp3) is 0.533. The van der Waals surface area contributed by atoms with Crippen LogP contribution in [-0.2, 0) is 0 Å². The quantitative estimate of drug-likeness (QED) is 0.708. The van der Waals surface area contributed by atoms with Gasteiger partial charge in [0.15, 0.2) is 13.2 Å². The molecule has 0 bridgehead atoms. The van der Waals surface area contributed by atoms with Crippen LogP contribution in [0.3, 0.4) is 0 Å². The highest BCUT2D eigenvalue weighted by Gasteiger charge is 2.30. The van der Waals surface area contributed by atoms with Crippen molar-refractivity contribution in [3.05, 3.63) is 23.8 Å². The predicted molar refractivity (Wildman–Crippen MR) is 78.2 cm³/mol. The average Bonchev–Trinajstić information content (AvgIpc) is 2.48. The summed E-state index contributed by atoms with van der Waals surface area (Å²) in [5.41, 5.74) is -0.158. The first-order valence-electron chi connectivity index (χ1n) is 7.55. The third-order valence-electron chi connectivity index (χ3n) is 3.36. The number of hydrogen-bond acceptors (Lipinski definition) is 4. The number of carbonyl (C=O) groups is 1. The zero-order valence-electron chi connectivity index (χ0n) is 13.3. The van der Waals surface area contributed by atoms with Gasteiger partial charge in [-0.15, -0.1) is 0 Å².